The molecule has 3 nitrogen and oxygen atoms in total. The predicted octanol–water partition coefficient (Wildman–Crippen LogP) is 5.56. The van der Waals surface area contributed by atoms with E-state index in [1.807, 2.05) is 97.9 Å². The van der Waals surface area contributed by atoms with Crippen LogP contribution in [0.15, 0.2) is 111 Å². The topological polar surface area (TPSA) is 49.7 Å². The fraction of sp³-hybridized carbons (Fsp3) is 0.167. The van der Waals surface area contributed by atoms with E-state index < -0.39 is 15.8 Å². The maximum Gasteiger partial charge on any atom is 0.0966 e. The molecule has 0 spiro atoms. The number of hydrogen-bond acceptors (Lipinski definition) is 3. The zero-order valence-electron chi connectivity index (χ0n) is 16.1. The van der Waals surface area contributed by atoms with E-state index in [9.17, 15) is 9.32 Å². The van der Waals surface area contributed by atoms with Crippen molar-refractivity contribution in [3.05, 3.63) is 113 Å². The molecule has 1 unspecified atom stereocenters. The van der Waals surface area contributed by atoms with Gasteiger partial charge in [-0.1, -0.05) is 84.4 Å². The molecule has 0 aliphatic carbocycles. The van der Waals surface area contributed by atoms with E-state index in [-0.39, 0.29) is 5.92 Å². The lowest BCUT2D eigenvalue weighted by Crippen LogP contribution is -2.13. The summed E-state index contributed by atoms with van der Waals surface area (Å²) in [6.07, 6.45) is -0.754. The minimum atomic E-state index is -2.72. The first-order valence-electron chi connectivity index (χ1n) is 9.21. The number of hydrogen-bond donors (Lipinski definition) is 1. The van der Waals surface area contributed by atoms with Gasteiger partial charge in [0.15, 0.2) is 0 Å². The van der Waals surface area contributed by atoms with Gasteiger partial charge >= 0.3 is 0 Å². The lowest BCUT2D eigenvalue weighted by Gasteiger charge is -2.25. The standard InChI is InChI=1S/C24H25NO2S/c1-19(18-28(27,25-2)22-16-10-5-11-17-22)23(20-12-6-3-7-13-20)24(26)21-14-8-4-9-15-21/h3-18,23-24,26H,1-2H3/b19-18-/t23-,24-,28?/m0/s1. The number of nitrogens with zero attached hydrogens (tertiary/aromatic N) is 1. The summed E-state index contributed by atoms with van der Waals surface area (Å²) >= 11 is 0. The third-order valence-corrected chi connectivity index (χ3v) is 6.99. The molecular formula is C24H25NO2S. The third kappa shape index (κ3) is 4.41. The fourth-order valence-corrected chi connectivity index (χ4v) is 5.01. The third-order valence-electron chi connectivity index (χ3n) is 4.80. The monoisotopic (exact) mass is 391 g/mol. The van der Waals surface area contributed by atoms with Crippen molar-refractivity contribution in [3.8, 4) is 0 Å². The molecule has 1 N–H and O–H groups in total. The number of benzene rings is 3. The lowest BCUT2D eigenvalue weighted by atomic mass is 9.84. The molecule has 0 aromatic heterocycles. The molecule has 0 aliphatic heterocycles. The molecule has 3 aromatic rings. The van der Waals surface area contributed by atoms with Crippen molar-refractivity contribution in [3.63, 3.8) is 0 Å². The highest BCUT2D eigenvalue weighted by Gasteiger charge is 2.25. The highest BCUT2D eigenvalue weighted by Crippen LogP contribution is 2.37. The van der Waals surface area contributed by atoms with Crippen LogP contribution >= 0.6 is 0 Å². The van der Waals surface area contributed by atoms with Crippen LogP contribution in [0.2, 0.25) is 0 Å². The van der Waals surface area contributed by atoms with Gasteiger partial charge in [-0.2, -0.15) is 0 Å². The molecule has 0 saturated carbocycles. The van der Waals surface area contributed by atoms with Gasteiger partial charge in [-0.3, -0.25) is 0 Å². The molecule has 0 amide bonds. The molecule has 3 aromatic carbocycles. The van der Waals surface area contributed by atoms with Crippen molar-refractivity contribution in [2.75, 3.05) is 7.05 Å². The molecule has 4 heteroatoms. The molecule has 0 aliphatic rings. The Bertz CT molecular complexity index is 1040. The Morgan fingerprint density at radius 2 is 1.32 bits per heavy atom. The van der Waals surface area contributed by atoms with Gasteiger partial charge in [0.25, 0.3) is 0 Å². The van der Waals surface area contributed by atoms with Gasteiger partial charge < -0.3 is 5.11 Å². The number of aliphatic hydroxyl groups is 1. The summed E-state index contributed by atoms with van der Waals surface area (Å²) in [7, 11) is -1.15. The molecule has 0 fully saturated rings. The largest absolute Gasteiger partial charge is 0.387 e. The Hall–Kier alpha value is -2.69. The van der Waals surface area contributed by atoms with Crippen LogP contribution in [-0.4, -0.2) is 16.4 Å². The first kappa shape index (κ1) is 20.1. The smallest absolute Gasteiger partial charge is 0.0966 e. The van der Waals surface area contributed by atoms with Crippen LogP contribution in [-0.2, 0) is 9.73 Å². The normalized spacial score (nSPS) is 16.0. The average molecular weight is 392 g/mol. The summed E-state index contributed by atoms with van der Waals surface area (Å²) in [6, 6.07) is 28.6. The summed E-state index contributed by atoms with van der Waals surface area (Å²) in [5, 5.41) is 12.9. The second-order valence-corrected chi connectivity index (χ2v) is 8.88. The summed E-state index contributed by atoms with van der Waals surface area (Å²) in [5.74, 6) is -0.324. The maximum absolute atomic E-state index is 13.5. The SMILES string of the molecule is CN=S(=O)(/C=C(/C)[C@@H](c1ccccc1)[C@@H](O)c1ccccc1)c1ccccc1. The minimum absolute atomic E-state index is 0.324. The Balaban J connectivity index is 2.10. The van der Waals surface area contributed by atoms with Crippen LogP contribution in [0.25, 0.3) is 0 Å². The second-order valence-electron chi connectivity index (χ2n) is 6.67. The van der Waals surface area contributed by atoms with Crippen molar-refractivity contribution in [1.29, 1.82) is 0 Å². The minimum Gasteiger partial charge on any atom is -0.387 e. The van der Waals surface area contributed by atoms with Gasteiger partial charge in [0.1, 0.15) is 0 Å². The Morgan fingerprint density at radius 3 is 1.82 bits per heavy atom. The van der Waals surface area contributed by atoms with Crippen molar-refractivity contribution >= 4 is 9.73 Å². The van der Waals surface area contributed by atoms with E-state index in [2.05, 4.69) is 4.36 Å². The van der Waals surface area contributed by atoms with Gasteiger partial charge in [0, 0.05) is 18.4 Å². The zero-order valence-corrected chi connectivity index (χ0v) is 16.9. The van der Waals surface area contributed by atoms with Crippen LogP contribution < -0.4 is 0 Å². The molecule has 3 atom stereocenters. The van der Waals surface area contributed by atoms with Gasteiger partial charge in [-0.25, -0.2) is 8.57 Å². The summed E-state index contributed by atoms with van der Waals surface area (Å²) in [4.78, 5) is 0.665. The van der Waals surface area contributed by atoms with Crippen molar-refractivity contribution in [2.24, 2.45) is 4.36 Å². The molecule has 0 radical (unpaired) electrons. The van der Waals surface area contributed by atoms with Crippen LogP contribution in [0.5, 0.6) is 0 Å². The Morgan fingerprint density at radius 1 is 0.857 bits per heavy atom. The quantitative estimate of drug-likeness (QED) is 0.598. The van der Waals surface area contributed by atoms with Crippen molar-refractivity contribution in [1.82, 2.24) is 0 Å². The van der Waals surface area contributed by atoms with Gasteiger partial charge in [-0.15, -0.1) is 0 Å². The van der Waals surface area contributed by atoms with Crippen molar-refractivity contribution < 1.29 is 9.32 Å². The average Bonchev–Trinajstić information content (AvgIpc) is 2.75. The van der Waals surface area contributed by atoms with Crippen LogP contribution in [0.1, 0.15) is 30.1 Å². The summed E-state index contributed by atoms with van der Waals surface area (Å²) in [5.41, 5.74) is 2.62. The summed E-state index contributed by atoms with van der Waals surface area (Å²) < 4.78 is 17.7. The molecule has 0 heterocycles. The molecular weight excluding hydrogens is 366 g/mol. The van der Waals surface area contributed by atoms with Gasteiger partial charge in [0.05, 0.1) is 20.7 Å². The van der Waals surface area contributed by atoms with Gasteiger partial charge in [0.2, 0.25) is 0 Å². The van der Waals surface area contributed by atoms with Crippen LogP contribution in [0, 0.1) is 0 Å². The Labute approximate surface area is 167 Å². The molecule has 0 saturated heterocycles. The van der Waals surface area contributed by atoms with E-state index in [0.29, 0.717) is 4.90 Å². The molecule has 0 bridgehead atoms. The fourth-order valence-electron chi connectivity index (χ4n) is 3.36. The van der Waals surface area contributed by atoms with Crippen molar-refractivity contribution in [2.45, 2.75) is 23.8 Å². The first-order valence-corrected chi connectivity index (χ1v) is 10.8. The van der Waals surface area contributed by atoms with E-state index in [0.717, 1.165) is 16.7 Å². The van der Waals surface area contributed by atoms with E-state index in [4.69, 9.17) is 0 Å². The highest BCUT2D eigenvalue weighted by molar-refractivity contribution is 7.96. The zero-order chi connectivity index (χ0) is 20.0. The lowest BCUT2D eigenvalue weighted by molar-refractivity contribution is 0.158. The molecule has 144 valence electrons. The van der Waals surface area contributed by atoms with Gasteiger partial charge in [-0.05, 0) is 30.2 Å². The number of rotatable bonds is 6. The number of aliphatic hydroxyl groups excluding tert-OH is 1. The van der Waals surface area contributed by atoms with E-state index in [1.165, 1.54) is 0 Å². The van der Waals surface area contributed by atoms with E-state index >= 15 is 0 Å². The summed E-state index contributed by atoms with van der Waals surface area (Å²) in [6.45, 7) is 1.91. The van der Waals surface area contributed by atoms with Crippen LogP contribution in [0.3, 0.4) is 0 Å². The first-order chi connectivity index (χ1) is 13.5. The predicted molar refractivity (Wildman–Crippen MR) is 116 cm³/mol. The Kier molecular flexibility index (Phi) is 6.45. The second kappa shape index (κ2) is 9.00. The van der Waals surface area contributed by atoms with Crippen LogP contribution in [0.4, 0.5) is 0 Å². The molecule has 28 heavy (non-hydrogen) atoms. The van der Waals surface area contributed by atoms with E-state index in [1.54, 1.807) is 12.5 Å². The molecule has 3 rings (SSSR count). The highest BCUT2D eigenvalue weighted by atomic mass is 32.2. The maximum atomic E-state index is 13.5.